The molecule has 1 nitrogen and oxygen atoms in total. The van der Waals surface area contributed by atoms with Gasteiger partial charge in [-0.1, -0.05) is 36.2 Å². The molecule has 0 heterocycles. The van der Waals surface area contributed by atoms with Gasteiger partial charge < -0.3 is 5.73 Å². The molecule has 0 amide bonds. The smallest absolute Gasteiger partial charge is 0.0595 e. The summed E-state index contributed by atoms with van der Waals surface area (Å²) in [7, 11) is 0. The van der Waals surface area contributed by atoms with Gasteiger partial charge in [0.2, 0.25) is 0 Å². The van der Waals surface area contributed by atoms with Crippen molar-refractivity contribution >= 4 is 23.2 Å². The summed E-state index contributed by atoms with van der Waals surface area (Å²) < 4.78 is 0. The van der Waals surface area contributed by atoms with Crippen LogP contribution in [0.3, 0.4) is 0 Å². The van der Waals surface area contributed by atoms with Gasteiger partial charge in [-0.25, -0.2) is 0 Å². The lowest BCUT2D eigenvalue weighted by Crippen LogP contribution is -2.21. The molecule has 2 rings (SSSR count). The summed E-state index contributed by atoms with van der Waals surface area (Å²) in [6.45, 7) is 2.14. The molecular weight excluding hydrogens is 205 g/mol. The van der Waals surface area contributed by atoms with Gasteiger partial charge in [0.1, 0.15) is 0 Å². The van der Waals surface area contributed by atoms with E-state index in [9.17, 15) is 0 Å². The van der Waals surface area contributed by atoms with Crippen molar-refractivity contribution in [3.8, 4) is 0 Å². The van der Waals surface area contributed by atoms with Crippen molar-refractivity contribution in [2.45, 2.75) is 18.9 Å². The van der Waals surface area contributed by atoms with Crippen molar-refractivity contribution in [3.63, 3.8) is 0 Å². The summed E-state index contributed by atoms with van der Waals surface area (Å²) in [6.07, 6.45) is 1.03. The number of benzene rings is 1. The van der Waals surface area contributed by atoms with Crippen LogP contribution in [0.5, 0.6) is 0 Å². The van der Waals surface area contributed by atoms with Crippen molar-refractivity contribution < 1.29 is 0 Å². The highest BCUT2D eigenvalue weighted by atomic mass is 35.5. The van der Waals surface area contributed by atoms with E-state index in [4.69, 9.17) is 28.9 Å². The first kappa shape index (κ1) is 9.32. The Morgan fingerprint density at radius 3 is 2.46 bits per heavy atom. The predicted molar refractivity (Wildman–Crippen MR) is 56.1 cm³/mol. The summed E-state index contributed by atoms with van der Waals surface area (Å²) in [6, 6.07) is 5.63. The second kappa shape index (κ2) is 2.88. The molecule has 0 bridgehead atoms. The zero-order valence-corrected chi connectivity index (χ0v) is 8.86. The molecule has 1 aromatic carbocycles. The number of hydrogen-bond acceptors (Lipinski definition) is 1. The number of nitrogens with two attached hydrogens (primary N) is 1. The second-order valence-corrected chi connectivity index (χ2v) is 4.59. The highest BCUT2D eigenvalue weighted by Crippen LogP contribution is 2.49. The quantitative estimate of drug-likeness (QED) is 0.766. The zero-order valence-electron chi connectivity index (χ0n) is 7.35. The first-order valence-corrected chi connectivity index (χ1v) is 5.04. The lowest BCUT2D eigenvalue weighted by Gasteiger charge is -2.11. The minimum Gasteiger partial charge on any atom is -0.321 e. The number of rotatable bonds is 1. The third-order valence-corrected chi connectivity index (χ3v) is 3.56. The predicted octanol–water partition coefficient (Wildman–Crippen LogP) is 3.19. The Hall–Kier alpha value is -0.240. The van der Waals surface area contributed by atoms with E-state index in [0.717, 1.165) is 12.0 Å². The van der Waals surface area contributed by atoms with Crippen LogP contribution in [0.25, 0.3) is 0 Å². The van der Waals surface area contributed by atoms with E-state index in [1.165, 1.54) is 0 Å². The molecule has 2 unspecified atom stereocenters. The van der Waals surface area contributed by atoms with E-state index >= 15 is 0 Å². The molecule has 1 aliphatic carbocycles. The Labute approximate surface area is 87.8 Å². The van der Waals surface area contributed by atoms with Crippen LogP contribution in [0, 0.1) is 5.92 Å². The SMILES string of the molecule is CC1CC1(N)c1ccc(Cl)c(Cl)c1. The molecule has 0 aromatic heterocycles. The van der Waals surface area contributed by atoms with Crippen molar-refractivity contribution in [2.24, 2.45) is 11.7 Å². The maximum atomic E-state index is 6.13. The van der Waals surface area contributed by atoms with Gasteiger partial charge in [0, 0.05) is 5.54 Å². The average Bonchev–Trinajstić information content (AvgIpc) is 2.67. The Kier molecular flexibility index (Phi) is 2.06. The molecule has 2 N–H and O–H groups in total. The highest BCUT2D eigenvalue weighted by molar-refractivity contribution is 6.42. The molecule has 3 heteroatoms. The number of hydrogen-bond donors (Lipinski definition) is 1. The Morgan fingerprint density at radius 2 is 2.00 bits per heavy atom. The van der Waals surface area contributed by atoms with E-state index in [1.54, 1.807) is 6.07 Å². The third kappa shape index (κ3) is 1.45. The Bertz CT molecular complexity index is 351. The van der Waals surface area contributed by atoms with Gasteiger partial charge in [-0.05, 0) is 30.0 Å². The third-order valence-electron chi connectivity index (χ3n) is 2.82. The minimum absolute atomic E-state index is 0.159. The fourth-order valence-corrected chi connectivity index (χ4v) is 1.93. The summed E-state index contributed by atoms with van der Waals surface area (Å²) >= 11 is 11.7. The second-order valence-electron chi connectivity index (χ2n) is 3.77. The van der Waals surface area contributed by atoms with E-state index in [2.05, 4.69) is 6.92 Å². The van der Waals surface area contributed by atoms with Gasteiger partial charge in [0.25, 0.3) is 0 Å². The largest absolute Gasteiger partial charge is 0.321 e. The molecule has 1 aliphatic rings. The lowest BCUT2D eigenvalue weighted by atomic mass is 10.0. The average molecular weight is 216 g/mol. The molecule has 1 saturated carbocycles. The maximum Gasteiger partial charge on any atom is 0.0595 e. The van der Waals surface area contributed by atoms with Crippen LogP contribution in [0.1, 0.15) is 18.9 Å². The van der Waals surface area contributed by atoms with Crippen molar-refractivity contribution in [2.75, 3.05) is 0 Å². The van der Waals surface area contributed by atoms with Crippen LogP contribution in [-0.2, 0) is 5.54 Å². The Balaban J connectivity index is 2.38. The maximum absolute atomic E-state index is 6.13. The van der Waals surface area contributed by atoms with Crippen molar-refractivity contribution in [1.82, 2.24) is 0 Å². The topological polar surface area (TPSA) is 26.0 Å². The van der Waals surface area contributed by atoms with Gasteiger partial charge >= 0.3 is 0 Å². The fourth-order valence-electron chi connectivity index (χ4n) is 1.64. The summed E-state index contributed by atoms with van der Waals surface area (Å²) in [5.74, 6) is 0.546. The summed E-state index contributed by atoms with van der Waals surface area (Å²) in [5, 5.41) is 1.17. The molecule has 0 saturated heterocycles. The van der Waals surface area contributed by atoms with Crippen LogP contribution in [0.4, 0.5) is 0 Å². The van der Waals surface area contributed by atoms with E-state index in [1.807, 2.05) is 12.1 Å². The van der Waals surface area contributed by atoms with Gasteiger partial charge in [0.05, 0.1) is 10.0 Å². The van der Waals surface area contributed by atoms with Crippen LogP contribution < -0.4 is 5.73 Å². The molecule has 70 valence electrons. The lowest BCUT2D eigenvalue weighted by molar-refractivity contribution is 0.665. The van der Waals surface area contributed by atoms with E-state index < -0.39 is 0 Å². The number of halogens is 2. The van der Waals surface area contributed by atoms with Crippen LogP contribution in [-0.4, -0.2) is 0 Å². The molecule has 0 spiro atoms. The van der Waals surface area contributed by atoms with Crippen molar-refractivity contribution in [1.29, 1.82) is 0 Å². The first-order chi connectivity index (χ1) is 6.04. The monoisotopic (exact) mass is 215 g/mol. The van der Waals surface area contributed by atoms with E-state index in [0.29, 0.717) is 16.0 Å². The van der Waals surface area contributed by atoms with Crippen LogP contribution in [0.15, 0.2) is 18.2 Å². The molecule has 2 atom stereocenters. The van der Waals surface area contributed by atoms with Gasteiger partial charge in [-0.2, -0.15) is 0 Å². The van der Waals surface area contributed by atoms with Crippen molar-refractivity contribution in [3.05, 3.63) is 33.8 Å². The van der Waals surface area contributed by atoms with Crippen LogP contribution in [0.2, 0.25) is 10.0 Å². The highest BCUT2D eigenvalue weighted by Gasteiger charge is 2.48. The standard InChI is InChI=1S/C10H11Cl2N/c1-6-5-10(6,13)7-2-3-8(11)9(12)4-7/h2-4,6H,5,13H2,1H3. The minimum atomic E-state index is -0.159. The summed E-state index contributed by atoms with van der Waals surface area (Å²) in [4.78, 5) is 0. The van der Waals surface area contributed by atoms with Crippen LogP contribution >= 0.6 is 23.2 Å². The van der Waals surface area contributed by atoms with Gasteiger partial charge in [-0.3, -0.25) is 0 Å². The van der Waals surface area contributed by atoms with E-state index in [-0.39, 0.29) is 5.54 Å². The molecule has 0 aliphatic heterocycles. The zero-order chi connectivity index (χ0) is 9.64. The molecule has 0 radical (unpaired) electrons. The molecule has 1 aromatic rings. The van der Waals surface area contributed by atoms with Gasteiger partial charge in [-0.15, -0.1) is 0 Å². The molecular formula is C10H11Cl2N. The summed E-state index contributed by atoms with van der Waals surface area (Å²) in [5.41, 5.74) is 7.06. The fraction of sp³-hybridized carbons (Fsp3) is 0.400. The Morgan fingerprint density at radius 1 is 1.38 bits per heavy atom. The van der Waals surface area contributed by atoms with Gasteiger partial charge in [0.15, 0.2) is 0 Å². The molecule has 1 fully saturated rings. The first-order valence-electron chi connectivity index (χ1n) is 4.28. The normalized spacial score (nSPS) is 31.8. The molecule has 13 heavy (non-hydrogen) atoms.